The number of hydrogen-bond donors (Lipinski definition) is 1. The number of carbonyl (C=O) groups is 1. The molecule has 1 aliphatic carbocycles. The van der Waals surface area contributed by atoms with E-state index in [1.165, 1.54) is 25.7 Å². The van der Waals surface area contributed by atoms with Gasteiger partial charge in [-0.1, -0.05) is 13.8 Å². The van der Waals surface area contributed by atoms with Crippen molar-refractivity contribution in [2.45, 2.75) is 46.0 Å². The van der Waals surface area contributed by atoms with Gasteiger partial charge in [-0.25, -0.2) is 0 Å². The summed E-state index contributed by atoms with van der Waals surface area (Å²) in [6.45, 7) is 8.86. The minimum Gasteiger partial charge on any atom is -0.342 e. The Kier molecular flexibility index (Phi) is 3.59. The average molecular weight is 264 g/mol. The second kappa shape index (κ2) is 5.08. The number of rotatable bonds is 2. The molecule has 108 valence electrons. The van der Waals surface area contributed by atoms with Gasteiger partial charge in [-0.2, -0.15) is 0 Å². The fourth-order valence-electron chi connectivity index (χ4n) is 4.18. The number of likely N-dealkylation sites (tertiary alicyclic amines) is 1. The van der Waals surface area contributed by atoms with Crippen molar-refractivity contribution >= 4 is 5.91 Å². The van der Waals surface area contributed by atoms with Crippen LogP contribution in [0, 0.1) is 23.2 Å². The van der Waals surface area contributed by atoms with Gasteiger partial charge in [-0.3, -0.25) is 4.79 Å². The van der Waals surface area contributed by atoms with E-state index in [-0.39, 0.29) is 0 Å². The molecule has 0 aromatic heterocycles. The zero-order chi connectivity index (χ0) is 13.5. The number of nitrogens with zero attached hydrogens (tertiary/aromatic N) is 1. The first kappa shape index (κ1) is 13.4. The third-order valence-electron chi connectivity index (χ3n) is 5.88. The number of amides is 1. The average Bonchev–Trinajstić information content (AvgIpc) is 3.12. The molecule has 0 radical (unpaired) electrons. The van der Waals surface area contributed by atoms with Crippen molar-refractivity contribution in [3.63, 3.8) is 0 Å². The quantitative estimate of drug-likeness (QED) is 0.830. The van der Waals surface area contributed by atoms with E-state index in [2.05, 4.69) is 24.1 Å². The monoisotopic (exact) mass is 264 g/mol. The summed E-state index contributed by atoms with van der Waals surface area (Å²) in [5.41, 5.74) is 0.400. The third kappa shape index (κ3) is 2.54. The minimum atomic E-state index is 0.366. The van der Waals surface area contributed by atoms with Gasteiger partial charge in [0, 0.05) is 19.0 Å². The van der Waals surface area contributed by atoms with E-state index in [1.54, 1.807) is 0 Å². The molecule has 2 saturated heterocycles. The second-order valence-corrected chi connectivity index (χ2v) is 7.28. The lowest BCUT2D eigenvalue weighted by Crippen LogP contribution is -2.42. The molecule has 3 fully saturated rings. The number of piperidine rings is 2. The van der Waals surface area contributed by atoms with E-state index in [4.69, 9.17) is 0 Å². The molecule has 1 unspecified atom stereocenters. The van der Waals surface area contributed by atoms with Gasteiger partial charge in [0.1, 0.15) is 0 Å². The van der Waals surface area contributed by atoms with Crippen molar-refractivity contribution < 1.29 is 4.79 Å². The second-order valence-electron chi connectivity index (χ2n) is 7.28. The van der Waals surface area contributed by atoms with Crippen LogP contribution >= 0.6 is 0 Å². The highest BCUT2D eigenvalue weighted by Gasteiger charge is 2.58. The lowest BCUT2D eigenvalue weighted by molar-refractivity contribution is -0.135. The molecular weight excluding hydrogens is 236 g/mol. The SMILES string of the molecule is CC(C)C1CCN(C(=O)C2CC23CCNCC3)CC1. The first-order valence-corrected chi connectivity index (χ1v) is 8.12. The Labute approximate surface area is 117 Å². The number of carbonyl (C=O) groups excluding carboxylic acids is 1. The van der Waals surface area contributed by atoms with Crippen molar-refractivity contribution in [2.75, 3.05) is 26.2 Å². The largest absolute Gasteiger partial charge is 0.342 e. The first-order valence-electron chi connectivity index (χ1n) is 8.12. The van der Waals surface area contributed by atoms with E-state index in [0.717, 1.165) is 44.4 Å². The van der Waals surface area contributed by atoms with Gasteiger partial charge in [-0.15, -0.1) is 0 Å². The summed E-state index contributed by atoms with van der Waals surface area (Å²) >= 11 is 0. The summed E-state index contributed by atoms with van der Waals surface area (Å²) in [6, 6.07) is 0. The predicted octanol–water partition coefficient (Wildman–Crippen LogP) is 2.27. The zero-order valence-electron chi connectivity index (χ0n) is 12.5. The topological polar surface area (TPSA) is 32.3 Å². The van der Waals surface area contributed by atoms with Crippen molar-refractivity contribution in [3.8, 4) is 0 Å². The third-order valence-corrected chi connectivity index (χ3v) is 5.88. The van der Waals surface area contributed by atoms with Gasteiger partial charge < -0.3 is 10.2 Å². The Bertz CT molecular complexity index is 339. The van der Waals surface area contributed by atoms with Crippen LogP contribution in [0.1, 0.15) is 46.0 Å². The van der Waals surface area contributed by atoms with E-state index < -0.39 is 0 Å². The van der Waals surface area contributed by atoms with Gasteiger partial charge in [-0.05, 0) is 62.4 Å². The van der Waals surface area contributed by atoms with Gasteiger partial charge in [0.25, 0.3) is 0 Å². The van der Waals surface area contributed by atoms with Crippen molar-refractivity contribution in [1.82, 2.24) is 10.2 Å². The van der Waals surface area contributed by atoms with Gasteiger partial charge >= 0.3 is 0 Å². The van der Waals surface area contributed by atoms with Crippen LogP contribution in [0.15, 0.2) is 0 Å². The molecule has 0 aromatic carbocycles. The van der Waals surface area contributed by atoms with E-state index in [1.807, 2.05) is 0 Å². The van der Waals surface area contributed by atoms with Crippen LogP contribution < -0.4 is 5.32 Å². The number of hydrogen-bond acceptors (Lipinski definition) is 2. The Morgan fingerprint density at radius 1 is 1.21 bits per heavy atom. The molecule has 1 saturated carbocycles. The van der Waals surface area contributed by atoms with Crippen LogP contribution in [0.25, 0.3) is 0 Å². The number of nitrogens with one attached hydrogen (secondary N) is 1. The molecule has 3 rings (SSSR count). The highest BCUT2D eigenvalue weighted by atomic mass is 16.2. The molecule has 1 amide bonds. The molecule has 2 aliphatic heterocycles. The molecule has 1 spiro atoms. The van der Waals surface area contributed by atoms with Crippen LogP contribution in [-0.4, -0.2) is 37.0 Å². The molecular formula is C16H28N2O. The van der Waals surface area contributed by atoms with Gasteiger partial charge in [0.05, 0.1) is 0 Å². The summed E-state index contributed by atoms with van der Waals surface area (Å²) in [5.74, 6) is 2.44. The highest BCUT2D eigenvalue weighted by molar-refractivity contribution is 5.82. The Balaban J connectivity index is 1.52. The standard InChI is InChI=1S/C16H28N2O/c1-12(2)13-3-9-18(10-4-13)15(19)14-11-16(14)5-7-17-8-6-16/h12-14,17H,3-11H2,1-2H3. The highest BCUT2D eigenvalue weighted by Crippen LogP contribution is 2.59. The molecule has 0 aromatic rings. The van der Waals surface area contributed by atoms with Crippen molar-refractivity contribution in [1.29, 1.82) is 0 Å². The van der Waals surface area contributed by atoms with E-state index in [9.17, 15) is 4.79 Å². The van der Waals surface area contributed by atoms with Crippen LogP contribution in [0.5, 0.6) is 0 Å². The predicted molar refractivity (Wildman–Crippen MR) is 76.8 cm³/mol. The maximum atomic E-state index is 12.6. The van der Waals surface area contributed by atoms with E-state index in [0.29, 0.717) is 17.2 Å². The molecule has 3 nitrogen and oxygen atoms in total. The molecule has 2 heterocycles. The Morgan fingerprint density at radius 3 is 2.42 bits per heavy atom. The molecule has 3 heteroatoms. The maximum absolute atomic E-state index is 12.6. The first-order chi connectivity index (χ1) is 9.12. The minimum absolute atomic E-state index is 0.366. The summed E-state index contributed by atoms with van der Waals surface area (Å²) in [5, 5.41) is 3.41. The molecule has 0 bridgehead atoms. The molecule has 3 aliphatic rings. The Hall–Kier alpha value is -0.570. The lowest BCUT2D eigenvalue weighted by atomic mass is 9.86. The Morgan fingerprint density at radius 2 is 1.84 bits per heavy atom. The molecule has 1 N–H and O–H groups in total. The normalized spacial score (nSPS) is 30.9. The van der Waals surface area contributed by atoms with Crippen molar-refractivity contribution in [2.24, 2.45) is 23.2 Å². The van der Waals surface area contributed by atoms with Crippen LogP contribution in [0.3, 0.4) is 0 Å². The summed E-state index contributed by atoms with van der Waals surface area (Å²) in [6.07, 6.45) is 6.02. The summed E-state index contributed by atoms with van der Waals surface area (Å²) in [4.78, 5) is 14.8. The maximum Gasteiger partial charge on any atom is 0.226 e. The summed E-state index contributed by atoms with van der Waals surface area (Å²) < 4.78 is 0. The molecule has 19 heavy (non-hydrogen) atoms. The lowest BCUT2D eigenvalue weighted by Gasteiger charge is -2.35. The molecule has 1 atom stereocenters. The summed E-state index contributed by atoms with van der Waals surface area (Å²) in [7, 11) is 0. The fourth-order valence-corrected chi connectivity index (χ4v) is 4.18. The smallest absolute Gasteiger partial charge is 0.226 e. The van der Waals surface area contributed by atoms with E-state index >= 15 is 0 Å². The van der Waals surface area contributed by atoms with Crippen LogP contribution in [0.4, 0.5) is 0 Å². The van der Waals surface area contributed by atoms with Gasteiger partial charge in [0.15, 0.2) is 0 Å². The zero-order valence-corrected chi connectivity index (χ0v) is 12.5. The van der Waals surface area contributed by atoms with Gasteiger partial charge in [0.2, 0.25) is 5.91 Å². The van der Waals surface area contributed by atoms with Crippen LogP contribution in [0.2, 0.25) is 0 Å². The fraction of sp³-hybridized carbons (Fsp3) is 0.938. The van der Waals surface area contributed by atoms with Crippen LogP contribution in [-0.2, 0) is 4.79 Å². The van der Waals surface area contributed by atoms with Crippen molar-refractivity contribution in [3.05, 3.63) is 0 Å².